The Bertz CT molecular complexity index is 589. The monoisotopic (exact) mass is 288 g/mol. The molecule has 3 nitrogen and oxygen atoms in total. The third kappa shape index (κ3) is 2.58. The number of hydrogen-bond donors (Lipinski definition) is 1. The molecule has 3 rings (SSSR count). The fourth-order valence-electron chi connectivity index (χ4n) is 2.78. The molecular weight excluding hydrogens is 268 g/mol. The van der Waals surface area contributed by atoms with Crippen molar-refractivity contribution in [1.29, 1.82) is 0 Å². The molecule has 0 bridgehead atoms. The molecule has 1 aliphatic rings. The lowest BCUT2D eigenvalue weighted by Gasteiger charge is -2.29. The number of fused-ring (bicyclic) bond motifs is 1. The summed E-state index contributed by atoms with van der Waals surface area (Å²) < 4.78 is 5.71. The second-order valence-electron chi connectivity index (χ2n) is 5.40. The number of rotatable bonds is 3. The zero-order chi connectivity index (χ0) is 14.1. The normalized spacial score (nSPS) is 19.2. The van der Waals surface area contributed by atoms with Gasteiger partial charge in [0.05, 0.1) is 17.3 Å². The Morgan fingerprint density at radius 2 is 2.20 bits per heavy atom. The second kappa shape index (κ2) is 5.54. The Morgan fingerprint density at radius 1 is 1.40 bits per heavy atom. The minimum Gasteiger partial charge on any atom is -0.493 e. The summed E-state index contributed by atoms with van der Waals surface area (Å²) in [6.07, 6.45) is 1.83. The van der Waals surface area contributed by atoms with Crippen molar-refractivity contribution in [2.24, 2.45) is 5.73 Å². The highest BCUT2D eigenvalue weighted by Gasteiger charge is 2.27. The average Bonchev–Trinajstić information content (AvgIpc) is 2.76. The van der Waals surface area contributed by atoms with Crippen LogP contribution in [0.1, 0.15) is 33.5 Å². The molecule has 0 saturated carbocycles. The van der Waals surface area contributed by atoms with Crippen molar-refractivity contribution in [3.8, 4) is 5.75 Å². The fourth-order valence-corrected chi connectivity index (χ4v) is 3.79. The van der Waals surface area contributed by atoms with E-state index in [1.54, 1.807) is 11.3 Å². The molecule has 1 aliphatic heterocycles. The van der Waals surface area contributed by atoms with Crippen LogP contribution in [0.4, 0.5) is 0 Å². The van der Waals surface area contributed by atoms with Crippen molar-refractivity contribution < 1.29 is 4.74 Å². The fraction of sp³-hybridized carbons (Fsp3) is 0.438. The van der Waals surface area contributed by atoms with Crippen LogP contribution in [0.25, 0.3) is 0 Å². The van der Waals surface area contributed by atoms with Crippen LogP contribution in [0, 0.1) is 13.8 Å². The molecule has 0 radical (unpaired) electrons. The highest BCUT2D eigenvalue weighted by atomic mass is 32.1. The number of benzene rings is 1. The number of ether oxygens (including phenoxy) is 1. The lowest BCUT2D eigenvalue weighted by Crippen LogP contribution is -2.34. The first-order valence-corrected chi connectivity index (χ1v) is 7.87. The number of hydrogen-bond acceptors (Lipinski definition) is 4. The largest absolute Gasteiger partial charge is 0.493 e. The van der Waals surface area contributed by atoms with Crippen molar-refractivity contribution in [3.63, 3.8) is 0 Å². The Hall–Kier alpha value is -1.39. The first kappa shape index (κ1) is 13.6. The summed E-state index contributed by atoms with van der Waals surface area (Å²) in [5, 5.41) is 1.15. The first-order chi connectivity index (χ1) is 9.65. The van der Waals surface area contributed by atoms with E-state index >= 15 is 0 Å². The maximum Gasteiger partial charge on any atom is 0.122 e. The lowest BCUT2D eigenvalue weighted by atomic mass is 9.86. The van der Waals surface area contributed by atoms with Gasteiger partial charge in [-0.15, -0.1) is 11.3 Å². The molecule has 0 fully saturated rings. The van der Waals surface area contributed by atoms with Crippen molar-refractivity contribution in [2.75, 3.05) is 6.61 Å². The van der Waals surface area contributed by atoms with Crippen molar-refractivity contribution >= 4 is 11.3 Å². The van der Waals surface area contributed by atoms with Crippen LogP contribution in [0.5, 0.6) is 5.75 Å². The molecule has 0 amide bonds. The van der Waals surface area contributed by atoms with Gasteiger partial charge in [-0.2, -0.15) is 0 Å². The molecule has 2 atom stereocenters. The van der Waals surface area contributed by atoms with Gasteiger partial charge in [0, 0.05) is 23.3 Å². The van der Waals surface area contributed by atoms with E-state index in [9.17, 15) is 0 Å². The summed E-state index contributed by atoms with van der Waals surface area (Å²) in [5.41, 5.74) is 8.84. The lowest BCUT2D eigenvalue weighted by molar-refractivity contribution is 0.254. The van der Waals surface area contributed by atoms with Crippen LogP contribution in [0.15, 0.2) is 24.3 Å². The van der Waals surface area contributed by atoms with Gasteiger partial charge in [-0.25, -0.2) is 4.98 Å². The van der Waals surface area contributed by atoms with E-state index in [0.717, 1.165) is 35.9 Å². The molecule has 0 spiro atoms. The molecule has 2 N–H and O–H groups in total. The van der Waals surface area contributed by atoms with E-state index < -0.39 is 0 Å². The molecule has 0 saturated heterocycles. The van der Waals surface area contributed by atoms with Gasteiger partial charge in [0.15, 0.2) is 0 Å². The summed E-state index contributed by atoms with van der Waals surface area (Å²) in [5.74, 6) is 1.36. The van der Waals surface area contributed by atoms with Gasteiger partial charge >= 0.3 is 0 Å². The maximum atomic E-state index is 6.47. The van der Waals surface area contributed by atoms with E-state index in [-0.39, 0.29) is 6.04 Å². The molecule has 1 aromatic carbocycles. The third-order valence-corrected chi connectivity index (χ3v) is 5.10. The van der Waals surface area contributed by atoms with E-state index in [1.165, 1.54) is 10.4 Å². The Morgan fingerprint density at radius 3 is 2.95 bits per heavy atom. The molecule has 0 aliphatic carbocycles. The molecule has 2 unspecified atom stereocenters. The number of nitrogens with two attached hydrogens (primary N) is 1. The summed E-state index contributed by atoms with van der Waals surface area (Å²) in [6, 6.07) is 8.35. The number of aromatic nitrogens is 1. The maximum absolute atomic E-state index is 6.47. The van der Waals surface area contributed by atoms with E-state index in [4.69, 9.17) is 10.5 Å². The van der Waals surface area contributed by atoms with Crippen LogP contribution in [0.2, 0.25) is 0 Å². The predicted molar refractivity (Wildman–Crippen MR) is 82.6 cm³/mol. The number of thiazole rings is 1. The summed E-state index contributed by atoms with van der Waals surface area (Å²) in [7, 11) is 0. The van der Waals surface area contributed by atoms with Gasteiger partial charge in [-0.3, -0.25) is 0 Å². The summed E-state index contributed by atoms with van der Waals surface area (Å²) in [4.78, 5) is 5.90. The van der Waals surface area contributed by atoms with Crippen LogP contribution in [0.3, 0.4) is 0 Å². The van der Waals surface area contributed by atoms with Crippen LogP contribution >= 0.6 is 11.3 Å². The zero-order valence-electron chi connectivity index (χ0n) is 11.9. The van der Waals surface area contributed by atoms with E-state index in [1.807, 2.05) is 12.1 Å². The zero-order valence-corrected chi connectivity index (χ0v) is 12.7. The van der Waals surface area contributed by atoms with Gasteiger partial charge in [-0.1, -0.05) is 18.2 Å². The Kier molecular flexibility index (Phi) is 3.76. The summed E-state index contributed by atoms with van der Waals surface area (Å²) >= 11 is 1.77. The van der Waals surface area contributed by atoms with Gasteiger partial charge in [0.1, 0.15) is 5.75 Å². The predicted octanol–water partition coefficient (Wildman–Crippen LogP) is 3.20. The SMILES string of the molecule is Cc1nc(CC(N)C2CCOc3ccccc32)sc1C. The number of nitrogens with zero attached hydrogens (tertiary/aromatic N) is 1. The quantitative estimate of drug-likeness (QED) is 0.943. The van der Waals surface area contributed by atoms with Crippen LogP contribution in [-0.4, -0.2) is 17.6 Å². The molecule has 2 heterocycles. The first-order valence-electron chi connectivity index (χ1n) is 7.05. The molecule has 2 aromatic rings. The number of aryl methyl sites for hydroxylation is 2. The van der Waals surface area contributed by atoms with Gasteiger partial charge in [0.25, 0.3) is 0 Å². The van der Waals surface area contributed by atoms with Crippen LogP contribution in [-0.2, 0) is 6.42 Å². The van der Waals surface area contributed by atoms with E-state index in [0.29, 0.717) is 5.92 Å². The molecule has 4 heteroatoms. The molecular formula is C16H20N2OS. The van der Waals surface area contributed by atoms with E-state index in [2.05, 4.69) is 31.0 Å². The highest BCUT2D eigenvalue weighted by Crippen LogP contribution is 2.36. The summed E-state index contributed by atoms with van der Waals surface area (Å²) in [6.45, 7) is 4.93. The smallest absolute Gasteiger partial charge is 0.122 e. The minimum atomic E-state index is 0.102. The van der Waals surface area contributed by atoms with Crippen LogP contribution < -0.4 is 10.5 Å². The topological polar surface area (TPSA) is 48.1 Å². The van der Waals surface area contributed by atoms with Gasteiger partial charge < -0.3 is 10.5 Å². The molecule has 1 aromatic heterocycles. The Labute approximate surface area is 123 Å². The average molecular weight is 288 g/mol. The molecule has 106 valence electrons. The van der Waals surface area contributed by atoms with Crippen molar-refractivity contribution in [3.05, 3.63) is 45.4 Å². The standard InChI is InChI=1S/C16H20N2OS/c1-10-11(2)20-16(18-10)9-14(17)12-7-8-19-15-6-4-3-5-13(12)15/h3-6,12,14H,7-9,17H2,1-2H3. The third-order valence-electron chi connectivity index (χ3n) is 4.00. The minimum absolute atomic E-state index is 0.102. The Balaban J connectivity index is 1.79. The van der Waals surface area contributed by atoms with Crippen molar-refractivity contribution in [1.82, 2.24) is 4.98 Å². The number of para-hydroxylation sites is 1. The van der Waals surface area contributed by atoms with Gasteiger partial charge in [0.2, 0.25) is 0 Å². The highest BCUT2D eigenvalue weighted by molar-refractivity contribution is 7.11. The van der Waals surface area contributed by atoms with Crippen molar-refractivity contribution in [2.45, 2.75) is 38.6 Å². The van der Waals surface area contributed by atoms with Gasteiger partial charge in [-0.05, 0) is 31.9 Å². The molecule has 20 heavy (non-hydrogen) atoms. The second-order valence-corrected chi connectivity index (χ2v) is 6.69.